The molecular weight excluding hydrogens is 438 g/mol. The quantitative estimate of drug-likeness (QED) is 0.403. The Kier molecular flexibility index (Phi) is 10.3. The van der Waals surface area contributed by atoms with Crippen molar-refractivity contribution in [2.24, 2.45) is 11.8 Å². The van der Waals surface area contributed by atoms with E-state index in [1.54, 1.807) is 6.07 Å². The maximum Gasteiger partial charge on any atom is 0.317 e. The highest BCUT2D eigenvalue weighted by Crippen LogP contribution is 2.40. The van der Waals surface area contributed by atoms with Gasteiger partial charge in [0.25, 0.3) is 0 Å². The molecule has 2 aliphatic rings. The van der Waals surface area contributed by atoms with Crippen LogP contribution in [-0.2, 0) is 5.60 Å². The summed E-state index contributed by atoms with van der Waals surface area (Å²) in [6, 6.07) is 7.44. The van der Waals surface area contributed by atoms with Crippen LogP contribution in [0.5, 0.6) is 0 Å². The number of likely N-dealkylation sites (N-methyl/N-ethyl adjacent to an activating group) is 1. The summed E-state index contributed by atoms with van der Waals surface area (Å²) >= 11 is 6.23. The van der Waals surface area contributed by atoms with Crippen LogP contribution in [-0.4, -0.2) is 60.5 Å². The van der Waals surface area contributed by atoms with Gasteiger partial charge < -0.3 is 25.7 Å². The number of aliphatic hydroxyl groups excluding tert-OH is 1. The number of hydrogen-bond donors (Lipinski definition) is 4. The first-order chi connectivity index (χ1) is 16.0. The fourth-order valence-corrected chi connectivity index (χ4v) is 5.96. The number of nitrogens with one attached hydrogen (secondary N) is 2. The SMILES string of the molecule is CNCC(CC1CCCCC1)NC(=O)N1CCCC(C(O)(CCCO)c2cccc(Cl)c2)C1. The van der Waals surface area contributed by atoms with Gasteiger partial charge in [0.2, 0.25) is 0 Å². The third-order valence-electron chi connectivity index (χ3n) is 7.55. The second kappa shape index (κ2) is 12.9. The van der Waals surface area contributed by atoms with Gasteiger partial charge in [-0.2, -0.15) is 0 Å². The van der Waals surface area contributed by atoms with Crippen LogP contribution in [0.4, 0.5) is 4.79 Å². The highest BCUT2D eigenvalue weighted by atomic mass is 35.5. The fourth-order valence-electron chi connectivity index (χ4n) is 5.77. The molecule has 1 aromatic carbocycles. The zero-order chi connectivity index (χ0) is 23.7. The van der Waals surface area contributed by atoms with Gasteiger partial charge in [-0.15, -0.1) is 0 Å². The Morgan fingerprint density at radius 1 is 1.24 bits per heavy atom. The highest BCUT2D eigenvalue weighted by molar-refractivity contribution is 6.30. The molecule has 1 aliphatic carbocycles. The summed E-state index contributed by atoms with van der Waals surface area (Å²) in [7, 11) is 1.93. The summed E-state index contributed by atoms with van der Waals surface area (Å²) in [6.45, 7) is 1.98. The highest BCUT2D eigenvalue weighted by Gasteiger charge is 2.41. The lowest BCUT2D eigenvalue weighted by molar-refractivity contribution is -0.0576. The van der Waals surface area contributed by atoms with Crippen LogP contribution < -0.4 is 10.6 Å². The third kappa shape index (κ3) is 7.32. The lowest BCUT2D eigenvalue weighted by atomic mass is 9.74. The number of likely N-dealkylation sites (tertiary alicyclic amines) is 1. The van der Waals surface area contributed by atoms with Gasteiger partial charge in [-0.1, -0.05) is 55.8 Å². The molecule has 3 unspecified atom stereocenters. The summed E-state index contributed by atoms with van der Waals surface area (Å²) in [4.78, 5) is 15.1. The number of hydrogen-bond acceptors (Lipinski definition) is 4. The molecule has 1 aliphatic heterocycles. The molecule has 1 saturated heterocycles. The minimum atomic E-state index is -1.13. The van der Waals surface area contributed by atoms with E-state index in [2.05, 4.69) is 10.6 Å². The average Bonchev–Trinajstić information content (AvgIpc) is 2.83. The zero-order valence-electron chi connectivity index (χ0n) is 20.1. The van der Waals surface area contributed by atoms with Crippen molar-refractivity contribution in [2.45, 2.75) is 75.9 Å². The molecule has 0 radical (unpaired) electrons. The van der Waals surface area contributed by atoms with E-state index in [0.717, 1.165) is 31.4 Å². The van der Waals surface area contributed by atoms with Crippen LogP contribution in [0, 0.1) is 11.8 Å². The minimum absolute atomic E-state index is 0.0205. The van der Waals surface area contributed by atoms with Crippen LogP contribution in [0.3, 0.4) is 0 Å². The van der Waals surface area contributed by atoms with Crippen molar-refractivity contribution in [3.05, 3.63) is 34.9 Å². The summed E-state index contributed by atoms with van der Waals surface area (Å²) in [5, 5.41) is 28.3. The number of amides is 2. The van der Waals surface area contributed by atoms with Crippen molar-refractivity contribution in [2.75, 3.05) is 33.3 Å². The van der Waals surface area contributed by atoms with E-state index in [-0.39, 0.29) is 24.6 Å². The predicted octanol–water partition coefficient (Wildman–Crippen LogP) is 4.28. The van der Waals surface area contributed by atoms with Gasteiger partial charge in [-0.25, -0.2) is 4.79 Å². The topological polar surface area (TPSA) is 84.8 Å². The van der Waals surface area contributed by atoms with E-state index >= 15 is 0 Å². The van der Waals surface area contributed by atoms with Gasteiger partial charge >= 0.3 is 6.03 Å². The van der Waals surface area contributed by atoms with Gasteiger partial charge in [0.1, 0.15) is 0 Å². The second-order valence-electron chi connectivity index (χ2n) is 9.99. The predicted molar refractivity (Wildman–Crippen MR) is 133 cm³/mol. The Balaban J connectivity index is 1.68. The lowest BCUT2D eigenvalue weighted by Gasteiger charge is -2.43. The Hall–Kier alpha value is -1.34. The van der Waals surface area contributed by atoms with Crippen molar-refractivity contribution < 1.29 is 15.0 Å². The fraction of sp³-hybridized carbons (Fsp3) is 0.731. The number of benzene rings is 1. The first-order valence-corrected chi connectivity index (χ1v) is 13.1. The second-order valence-corrected chi connectivity index (χ2v) is 10.4. The number of piperidine rings is 1. The Morgan fingerprint density at radius 3 is 2.73 bits per heavy atom. The lowest BCUT2D eigenvalue weighted by Crippen LogP contribution is -2.54. The van der Waals surface area contributed by atoms with Crippen LogP contribution in [0.2, 0.25) is 5.02 Å². The minimum Gasteiger partial charge on any atom is -0.396 e. The number of rotatable bonds is 10. The molecule has 2 fully saturated rings. The largest absolute Gasteiger partial charge is 0.396 e. The van der Waals surface area contributed by atoms with Crippen LogP contribution >= 0.6 is 11.6 Å². The number of carbonyl (C=O) groups excluding carboxylic acids is 1. The number of carbonyl (C=O) groups is 1. The molecule has 0 spiro atoms. The van der Waals surface area contributed by atoms with Crippen molar-refractivity contribution in [3.8, 4) is 0 Å². The first-order valence-electron chi connectivity index (χ1n) is 12.8. The van der Waals surface area contributed by atoms with Crippen molar-refractivity contribution in [1.82, 2.24) is 15.5 Å². The molecular formula is C26H42ClN3O3. The zero-order valence-corrected chi connectivity index (χ0v) is 20.8. The molecule has 186 valence electrons. The summed E-state index contributed by atoms with van der Waals surface area (Å²) in [6.07, 6.45) is 10.1. The van der Waals surface area contributed by atoms with E-state index in [9.17, 15) is 15.0 Å². The Labute approximate surface area is 204 Å². The van der Waals surface area contributed by atoms with Gasteiger partial charge in [-0.3, -0.25) is 0 Å². The van der Waals surface area contributed by atoms with E-state index in [1.807, 2.05) is 30.1 Å². The number of urea groups is 1. The molecule has 3 rings (SSSR count). The van der Waals surface area contributed by atoms with E-state index in [0.29, 0.717) is 36.9 Å². The van der Waals surface area contributed by atoms with Gasteiger partial charge in [0, 0.05) is 43.2 Å². The molecule has 7 heteroatoms. The third-order valence-corrected chi connectivity index (χ3v) is 7.78. The summed E-state index contributed by atoms with van der Waals surface area (Å²) in [5.74, 6) is 0.584. The summed E-state index contributed by atoms with van der Waals surface area (Å²) in [5.41, 5.74) is -0.361. The number of aliphatic hydroxyl groups is 2. The van der Waals surface area contributed by atoms with E-state index < -0.39 is 5.60 Å². The van der Waals surface area contributed by atoms with Gasteiger partial charge in [0.15, 0.2) is 0 Å². The molecule has 6 nitrogen and oxygen atoms in total. The van der Waals surface area contributed by atoms with Crippen molar-refractivity contribution in [3.63, 3.8) is 0 Å². The number of halogens is 1. The van der Waals surface area contributed by atoms with Crippen molar-refractivity contribution in [1.29, 1.82) is 0 Å². The molecule has 0 aromatic heterocycles. The maximum absolute atomic E-state index is 13.2. The Morgan fingerprint density at radius 2 is 2.03 bits per heavy atom. The number of nitrogens with zero attached hydrogens (tertiary/aromatic N) is 1. The molecule has 3 atom stereocenters. The van der Waals surface area contributed by atoms with Gasteiger partial charge in [0.05, 0.1) is 5.60 Å². The summed E-state index contributed by atoms with van der Waals surface area (Å²) < 4.78 is 0. The molecule has 2 amide bonds. The normalized spacial score (nSPS) is 22.5. The molecule has 1 aromatic rings. The van der Waals surface area contributed by atoms with E-state index in [1.165, 1.54) is 32.1 Å². The Bertz CT molecular complexity index is 743. The smallest absolute Gasteiger partial charge is 0.317 e. The standard InChI is InChI=1S/C26H42ClN3O3/c1-28-18-24(16-20-8-3-2-4-9-20)29-25(32)30-14-6-11-22(19-30)26(33,13-7-15-31)21-10-5-12-23(27)17-21/h5,10,12,17,20,22,24,28,31,33H,2-4,6-9,11,13-16,18-19H2,1H3,(H,29,32). The van der Waals surface area contributed by atoms with Crippen molar-refractivity contribution >= 4 is 17.6 Å². The molecule has 4 N–H and O–H groups in total. The van der Waals surface area contributed by atoms with E-state index in [4.69, 9.17) is 11.6 Å². The maximum atomic E-state index is 13.2. The molecule has 33 heavy (non-hydrogen) atoms. The monoisotopic (exact) mass is 479 g/mol. The first kappa shape index (κ1) is 26.3. The molecule has 1 heterocycles. The van der Waals surface area contributed by atoms with Gasteiger partial charge in [-0.05, 0) is 62.8 Å². The molecule has 0 bridgehead atoms. The molecule has 1 saturated carbocycles. The van der Waals surface area contributed by atoms with Crippen LogP contribution in [0.25, 0.3) is 0 Å². The average molecular weight is 480 g/mol. The van der Waals surface area contributed by atoms with Crippen LogP contribution in [0.1, 0.15) is 69.8 Å². The van der Waals surface area contributed by atoms with Crippen LogP contribution in [0.15, 0.2) is 24.3 Å².